The molecule has 1 aromatic carbocycles. The fourth-order valence-corrected chi connectivity index (χ4v) is 3.87. The van der Waals surface area contributed by atoms with Gasteiger partial charge in [0.15, 0.2) is 0 Å². The molecule has 5 heteroatoms. The topological polar surface area (TPSA) is 41.1 Å². The summed E-state index contributed by atoms with van der Waals surface area (Å²) in [7, 11) is 0. The van der Waals surface area contributed by atoms with E-state index in [0.717, 1.165) is 33.2 Å². The normalized spacial score (nSPS) is 23.1. The maximum absolute atomic E-state index is 12.2. The Balaban J connectivity index is 2.17. The SMILES string of the molecule is Cc1cc(Br)c(NC(=O)C2CCNC2C)c(Br)c1. The Morgan fingerprint density at radius 3 is 2.50 bits per heavy atom. The molecular weight excluding hydrogens is 360 g/mol. The molecule has 0 bridgehead atoms. The van der Waals surface area contributed by atoms with Crippen molar-refractivity contribution in [1.29, 1.82) is 0 Å². The van der Waals surface area contributed by atoms with E-state index in [1.54, 1.807) is 0 Å². The lowest BCUT2D eigenvalue weighted by Crippen LogP contribution is -2.32. The molecule has 0 aromatic heterocycles. The molecule has 1 heterocycles. The predicted molar refractivity (Wildman–Crippen MR) is 80.8 cm³/mol. The number of carbonyl (C=O) groups excluding carboxylic acids is 1. The summed E-state index contributed by atoms with van der Waals surface area (Å²) in [4.78, 5) is 12.2. The summed E-state index contributed by atoms with van der Waals surface area (Å²) in [5.74, 6) is 0.128. The van der Waals surface area contributed by atoms with Crippen molar-refractivity contribution in [3.8, 4) is 0 Å². The highest BCUT2D eigenvalue weighted by Gasteiger charge is 2.29. The first kappa shape index (κ1) is 14.0. The number of rotatable bonds is 2. The van der Waals surface area contributed by atoms with E-state index in [-0.39, 0.29) is 17.9 Å². The molecule has 0 spiro atoms. The van der Waals surface area contributed by atoms with Gasteiger partial charge in [-0.05, 0) is 76.4 Å². The predicted octanol–water partition coefficient (Wildman–Crippen LogP) is 3.46. The fraction of sp³-hybridized carbons (Fsp3) is 0.462. The van der Waals surface area contributed by atoms with Crippen molar-refractivity contribution in [1.82, 2.24) is 5.32 Å². The monoisotopic (exact) mass is 374 g/mol. The lowest BCUT2D eigenvalue weighted by atomic mass is 10.0. The van der Waals surface area contributed by atoms with Gasteiger partial charge in [0.25, 0.3) is 0 Å². The van der Waals surface area contributed by atoms with Crippen LogP contribution in [0, 0.1) is 12.8 Å². The van der Waals surface area contributed by atoms with Crippen molar-refractivity contribution < 1.29 is 4.79 Å². The fourth-order valence-electron chi connectivity index (χ4n) is 2.25. The Morgan fingerprint density at radius 2 is 2.00 bits per heavy atom. The minimum atomic E-state index is 0.0464. The minimum Gasteiger partial charge on any atom is -0.324 e. The van der Waals surface area contributed by atoms with Crippen LogP contribution in [0.25, 0.3) is 0 Å². The van der Waals surface area contributed by atoms with Crippen LogP contribution in [0.2, 0.25) is 0 Å². The van der Waals surface area contributed by atoms with E-state index >= 15 is 0 Å². The first-order valence-electron chi connectivity index (χ1n) is 5.99. The van der Waals surface area contributed by atoms with Crippen molar-refractivity contribution in [2.75, 3.05) is 11.9 Å². The summed E-state index contributed by atoms with van der Waals surface area (Å²) >= 11 is 6.98. The number of carbonyl (C=O) groups is 1. The molecule has 1 aliphatic heterocycles. The zero-order chi connectivity index (χ0) is 13.3. The molecule has 0 aliphatic carbocycles. The molecule has 1 amide bonds. The van der Waals surface area contributed by atoms with E-state index in [4.69, 9.17) is 0 Å². The maximum Gasteiger partial charge on any atom is 0.229 e. The first-order chi connectivity index (χ1) is 8.49. The van der Waals surface area contributed by atoms with Crippen molar-refractivity contribution >= 4 is 43.5 Å². The van der Waals surface area contributed by atoms with Crippen LogP contribution in [0.3, 0.4) is 0 Å². The minimum absolute atomic E-state index is 0.0464. The van der Waals surface area contributed by atoms with Gasteiger partial charge in [-0.25, -0.2) is 0 Å². The molecule has 1 fully saturated rings. The van der Waals surface area contributed by atoms with Gasteiger partial charge in [0.05, 0.1) is 11.6 Å². The van der Waals surface area contributed by atoms with Crippen LogP contribution >= 0.6 is 31.9 Å². The summed E-state index contributed by atoms with van der Waals surface area (Å²) < 4.78 is 1.81. The Morgan fingerprint density at radius 1 is 1.39 bits per heavy atom. The van der Waals surface area contributed by atoms with E-state index in [2.05, 4.69) is 49.4 Å². The van der Waals surface area contributed by atoms with Crippen molar-refractivity contribution in [3.63, 3.8) is 0 Å². The van der Waals surface area contributed by atoms with Gasteiger partial charge in [-0.15, -0.1) is 0 Å². The molecule has 2 N–H and O–H groups in total. The molecule has 18 heavy (non-hydrogen) atoms. The second-order valence-electron chi connectivity index (χ2n) is 4.73. The van der Waals surface area contributed by atoms with Gasteiger partial charge < -0.3 is 10.6 Å². The van der Waals surface area contributed by atoms with E-state index < -0.39 is 0 Å². The molecular formula is C13H16Br2N2O. The van der Waals surface area contributed by atoms with Crippen LogP contribution < -0.4 is 10.6 Å². The molecule has 0 radical (unpaired) electrons. The number of benzene rings is 1. The van der Waals surface area contributed by atoms with E-state index in [1.165, 1.54) is 0 Å². The number of anilines is 1. The summed E-state index contributed by atoms with van der Waals surface area (Å²) in [6.45, 7) is 4.98. The summed E-state index contributed by atoms with van der Waals surface area (Å²) in [5, 5.41) is 6.30. The van der Waals surface area contributed by atoms with Crippen LogP contribution in [0.1, 0.15) is 18.9 Å². The van der Waals surface area contributed by atoms with Gasteiger partial charge in [0, 0.05) is 15.0 Å². The lowest BCUT2D eigenvalue weighted by molar-refractivity contribution is -0.120. The quantitative estimate of drug-likeness (QED) is 0.831. The molecule has 3 nitrogen and oxygen atoms in total. The second-order valence-corrected chi connectivity index (χ2v) is 6.44. The van der Waals surface area contributed by atoms with Gasteiger partial charge in [0.2, 0.25) is 5.91 Å². The number of amides is 1. The molecule has 98 valence electrons. The summed E-state index contributed by atoms with van der Waals surface area (Å²) in [6, 6.07) is 4.24. The molecule has 2 atom stereocenters. The number of hydrogen-bond donors (Lipinski definition) is 2. The lowest BCUT2D eigenvalue weighted by Gasteiger charge is -2.17. The Bertz CT molecular complexity index is 453. The average molecular weight is 376 g/mol. The smallest absolute Gasteiger partial charge is 0.229 e. The Hall–Kier alpha value is -0.390. The maximum atomic E-state index is 12.2. The van der Waals surface area contributed by atoms with Crippen LogP contribution in [-0.2, 0) is 4.79 Å². The highest BCUT2D eigenvalue weighted by Crippen LogP contribution is 2.33. The Labute approximate surface area is 124 Å². The van der Waals surface area contributed by atoms with E-state index in [9.17, 15) is 4.79 Å². The molecule has 2 rings (SSSR count). The zero-order valence-electron chi connectivity index (χ0n) is 10.4. The molecule has 1 saturated heterocycles. The third kappa shape index (κ3) is 2.95. The summed E-state index contributed by atoms with van der Waals surface area (Å²) in [6.07, 6.45) is 0.897. The highest BCUT2D eigenvalue weighted by atomic mass is 79.9. The first-order valence-corrected chi connectivity index (χ1v) is 7.57. The van der Waals surface area contributed by atoms with Crippen LogP contribution in [-0.4, -0.2) is 18.5 Å². The van der Waals surface area contributed by atoms with Crippen LogP contribution in [0.4, 0.5) is 5.69 Å². The third-order valence-corrected chi connectivity index (χ3v) is 4.55. The van der Waals surface area contributed by atoms with Crippen molar-refractivity contribution in [2.45, 2.75) is 26.3 Å². The standard InChI is InChI=1S/C13H16Br2N2O/c1-7-5-10(14)12(11(15)6-7)17-13(18)9-3-4-16-8(9)2/h5-6,8-9,16H,3-4H2,1-2H3,(H,17,18). The highest BCUT2D eigenvalue weighted by molar-refractivity contribution is 9.11. The van der Waals surface area contributed by atoms with E-state index in [1.807, 2.05) is 19.1 Å². The number of nitrogens with one attached hydrogen (secondary N) is 2. The van der Waals surface area contributed by atoms with Crippen LogP contribution in [0.5, 0.6) is 0 Å². The second kappa shape index (κ2) is 5.72. The van der Waals surface area contributed by atoms with Crippen molar-refractivity contribution in [3.05, 3.63) is 26.6 Å². The van der Waals surface area contributed by atoms with Gasteiger partial charge >= 0.3 is 0 Å². The van der Waals surface area contributed by atoms with E-state index in [0.29, 0.717) is 0 Å². The number of aryl methyl sites for hydroxylation is 1. The number of halogens is 2. The number of hydrogen-bond acceptors (Lipinski definition) is 2. The van der Waals surface area contributed by atoms with Gasteiger partial charge in [-0.2, -0.15) is 0 Å². The zero-order valence-corrected chi connectivity index (χ0v) is 13.6. The third-order valence-electron chi connectivity index (χ3n) is 3.30. The van der Waals surface area contributed by atoms with Gasteiger partial charge in [-0.1, -0.05) is 0 Å². The molecule has 0 saturated carbocycles. The molecule has 2 unspecified atom stereocenters. The average Bonchev–Trinajstić information content (AvgIpc) is 2.69. The summed E-state index contributed by atoms with van der Waals surface area (Å²) in [5.41, 5.74) is 1.95. The van der Waals surface area contributed by atoms with Gasteiger partial charge in [-0.3, -0.25) is 4.79 Å². The van der Waals surface area contributed by atoms with Crippen LogP contribution in [0.15, 0.2) is 21.1 Å². The Kier molecular flexibility index (Phi) is 4.45. The molecule has 1 aromatic rings. The molecule has 1 aliphatic rings. The largest absolute Gasteiger partial charge is 0.324 e. The van der Waals surface area contributed by atoms with Gasteiger partial charge in [0.1, 0.15) is 0 Å². The van der Waals surface area contributed by atoms with Crippen molar-refractivity contribution in [2.24, 2.45) is 5.92 Å².